The van der Waals surface area contributed by atoms with E-state index in [-0.39, 0.29) is 6.03 Å². The lowest BCUT2D eigenvalue weighted by molar-refractivity contribution is 0.116. The number of aromatic nitrogens is 1. The first-order chi connectivity index (χ1) is 15.6. The number of nitrogens with one attached hydrogen (secondary N) is 1. The van der Waals surface area contributed by atoms with Crippen molar-refractivity contribution >= 4 is 34.3 Å². The summed E-state index contributed by atoms with van der Waals surface area (Å²) in [6.45, 7) is 8.09. The van der Waals surface area contributed by atoms with E-state index in [9.17, 15) is 4.79 Å². The number of nitrogens with zero attached hydrogens (tertiary/aromatic N) is 3. The van der Waals surface area contributed by atoms with Crippen LogP contribution in [0.3, 0.4) is 0 Å². The molecule has 0 radical (unpaired) electrons. The molecule has 0 unspecified atom stereocenters. The van der Waals surface area contributed by atoms with E-state index in [1.807, 2.05) is 11.8 Å². The summed E-state index contributed by atoms with van der Waals surface area (Å²) in [6, 6.07) is 0.884. The Kier molecular flexibility index (Phi) is 9.18. The Hall–Kier alpha value is -0.790. The van der Waals surface area contributed by atoms with Crippen LogP contribution in [-0.4, -0.2) is 58.3 Å². The molecule has 2 saturated carbocycles. The number of rotatable bonds is 7. The number of thiazole rings is 1. The fourth-order valence-electron chi connectivity index (χ4n) is 5.69. The van der Waals surface area contributed by atoms with Gasteiger partial charge in [0.1, 0.15) is 0 Å². The number of hydrogen-bond donors (Lipinski definition) is 1. The van der Waals surface area contributed by atoms with E-state index >= 15 is 0 Å². The summed E-state index contributed by atoms with van der Waals surface area (Å²) in [7, 11) is 0. The summed E-state index contributed by atoms with van der Waals surface area (Å²) >= 11 is 3.56. The molecule has 1 saturated heterocycles. The van der Waals surface area contributed by atoms with Gasteiger partial charge in [-0.2, -0.15) is 0 Å². The lowest BCUT2D eigenvalue weighted by Crippen LogP contribution is -2.50. The van der Waals surface area contributed by atoms with E-state index < -0.39 is 0 Å². The minimum absolute atomic E-state index is 0.0961. The maximum absolute atomic E-state index is 13.6. The third kappa shape index (κ3) is 6.63. The van der Waals surface area contributed by atoms with Crippen LogP contribution in [0.4, 0.5) is 9.93 Å². The van der Waals surface area contributed by atoms with Crippen LogP contribution in [0.1, 0.15) is 89.7 Å². The summed E-state index contributed by atoms with van der Waals surface area (Å²) in [5.41, 5.74) is 1.06. The third-order valence-electron chi connectivity index (χ3n) is 7.64. The molecule has 0 spiro atoms. The molecule has 3 aliphatic rings. The Bertz CT molecular complexity index is 718. The van der Waals surface area contributed by atoms with Crippen molar-refractivity contribution in [1.29, 1.82) is 0 Å². The molecule has 1 aromatic rings. The van der Waals surface area contributed by atoms with E-state index in [1.54, 1.807) is 11.3 Å². The molecular formula is C25H42N4OS2. The van der Waals surface area contributed by atoms with Gasteiger partial charge in [0.2, 0.25) is 0 Å². The molecule has 2 amide bonds. The highest BCUT2D eigenvalue weighted by molar-refractivity contribution is 8.01. The Morgan fingerprint density at radius 2 is 1.69 bits per heavy atom. The summed E-state index contributed by atoms with van der Waals surface area (Å²) in [5, 5.41) is 4.01. The van der Waals surface area contributed by atoms with Crippen molar-refractivity contribution in [2.24, 2.45) is 5.92 Å². The number of urea groups is 1. The summed E-state index contributed by atoms with van der Waals surface area (Å²) in [4.78, 5) is 23.1. The standard InChI is InChI=1S/C25H42N4OS2/c1-19-11-13-22(14-12-19)29(21-9-5-3-4-6-10-21)25(30)27-24-26-20(2)23(32-24)31-18-17-28-15-7-8-16-28/h19,21-22H,3-18H2,1-2H3,(H,26,27,30). The number of carbonyl (C=O) groups excluding carboxylic acids is 1. The number of likely N-dealkylation sites (tertiary alicyclic amines) is 1. The molecule has 32 heavy (non-hydrogen) atoms. The maximum atomic E-state index is 13.6. The second-order valence-corrected chi connectivity index (χ2v) is 12.5. The maximum Gasteiger partial charge on any atom is 0.324 e. The zero-order valence-corrected chi connectivity index (χ0v) is 21.7. The van der Waals surface area contributed by atoms with E-state index in [1.165, 1.54) is 68.7 Å². The van der Waals surface area contributed by atoms with Gasteiger partial charge in [-0.25, -0.2) is 9.78 Å². The fourth-order valence-corrected chi connectivity index (χ4v) is 7.89. The van der Waals surface area contributed by atoms with Gasteiger partial charge in [-0.15, -0.1) is 11.8 Å². The highest BCUT2D eigenvalue weighted by Crippen LogP contribution is 2.35. The molecule has 0 atom stereocenters. The number of anilines is 1. The van der Waals surface area contributed by atoms with Crippen molar-refractivity contribution in [1.82, 2.24) is 14.8 Å². The summed E-state index contributed by atoms with van der Waals surface area (Å²) in [6.07, 6.45) is 15.0. The van der Waals surface area contributed by atoms with Gasteiger partial charge in [-0.05, 0) is 77.3 Å². The van der Waals surface area contributed by atoms with Crippen LogP contribution in [0.2, 0.25) is 0 Å². The zero-order chi connectivity index (χ0) is 22.3. The predicted molar refractivity (Wildman–Crippen MR) is 137 cm³/mol. The Labute approximate surface area is 203 Å². The molecule has 2 heterocycles. The SMILES string of the molecule is Cc1nc(NC(=O)N(C2CCCCCC2)C2CCC(C)CC2)sc1SCCN1CCCC1. The van der Waals surface area contributed by atoms with Gasteiger partial charge in [0, 0.05) is 24.4 Å². The quantitative estimate of drug-likeness (QED) is 0.347. The molecule has 0 aromatic carbocycles. The molecule has 5 nitrogen and oxygen atoms in total. The number of thioether (sulfide) groups is 1. The molecule has 1 aromatic heterocycles. The molecule has 3 fully saturated rings. The minimum atomic E-state index is 0.0961. The monoisotopic (exact) mass is 478 g/mol. The fraction of sp³-hybridized carbons (Fsp3) is 0.840. The molecular weight excluding hydrogens is 436 g/mol. The van der Waals surface area contributed by atoms with E-state index in [2.05, 4.69) is 29.0 Å². The lowest BCUT2D eigenvalue weighted by Gasteiger charge is -2.40. The summed E-state index contributed by atoms with van der Waals surface area (Å²) in [5.74, 6) is 1.90. The van der Waals surface area contributed by atoms with Gasteiger partial charge < -0.3 is 9.80 Å². The topological polar surface area (TPSA) is 48.5 Å². The predicted octanol–water partition coefficient (Wildman–Crippen LogP) is 6.77. The molecule has 2 aliphatic carbocycles. The van der Waals surface area contributed by atoms with Gasteiger partial charge in [-0.3, -0.25) is 5.32 Å². The van der Waals surface area contributed by atoms with E-state index in [0.29, 0.717) is 12.1 Å². The normalized spacial score (nSPS) is 25.6. The molecule has 180 valence electrons. The van der Waals surface area contributed by atoms with E-state index in [4.69, 9.17) is 4.98 Å². The van der Waals surface area contributed by atoms with Gasteiger partial charge in [0.15, 0.2) is 5.13 Å². The Morgan fingerprint density at radius 1 is 1.03 bits per heavy atom. The molecule has 7 heteroatoms. The van der Waals surface area contributed by atoms with Crippen LogP contribution < -0.4 is 5.32 Å². The average molecular weight is 479 g/mol. The Morgan fingerprint density at radius 3 is 2.38 bits per heavy atom. The van der Waals surface area contributed by atoms with Crippen molar-refractivity contribution in [2.75, 3.05) is 30.7 Å². The number of carbonyl (C=O) groups is 1. The van der Waals surface area contributed by atoms with E-state index in [0.717, 1.165) is 54.7 Å². The first-order valence-electron chi connectivity index (χ1n) is 13.0. The van der Waals surface area contributed by atoms with Crippen molar-refractivity contribution in [2.45, 2.75) is 107 Å². The van der Waals surface area contributed by atoms with Crippen LogP contribution in [-0.2, 0) is 0 Å². The highest BCUT2D eigenvalue weighted by atomic mass is 32.2. The van der Waals surface area contributed by atoms with Gasteiger partial charge >= 0.3 is 6.03 Å². The third-order valence-corrected chi connectivity index (χ3v) is 10.1. The van der Waals surface area contributed by atoms with Crippen molar-refractivity contribution < 1.29 is 4.79 Å². The number of amides is 2. The average Bonchev–Trinajstić information content (AvgIpc) is 3.32. The number of aryl methyl sites for hydroxylation is 1. The van der Waals surface area contributed by atoms with Gasteiger partial charge in [-0.1, -0.05) is 43.9 Å². The van der Waals surface area contributed by atoms with Gasteiger partial charge in [0.05, 0.1) is 9.90 Å². The summed E-state index contributed by atoms with van der Waals surface area (Å²) < 4.78 is 1.26. The molecule has 4 rings (SSSR count). The minimum Gasteiger partial charge on any atom is -0.319 e. The largest absolute Gasteiger partial charge is 0.324 e. The Balaban J connectivity index is 1.38. The van der Waals surface area contributed by atoms with Crippen molar-refractivity contribution in [3.63, 3.8) is 0 Å². The molecule has 1 N–H and O–H groups in total. The van der Waals surface area contributed by atoms with Crippen molar-refractivity contribution in [3.8, 4) is 0 Å². The zero-order valence-electron chi connectivity index (χ0n) is 20.1. The van der Waals surface area contributed by atoms with Crippen LogP contribution in [0, 0.1) is 12.8 Å². The van der Waals surface area contributed by atoms with Crippen LogP contribution in [0.5, 0.6) is 0 Å². The first kappa shape index (κ1) is 24.3. The lowest BCUT2D eigenvalue weighted by atomic mass is 9.85. The van der Waals surface area contributed by atoms with Gasteiger partial charge in [0.25, 0.3) is 0 Å². The second kappa shape index (κ2) is 12.1. The molecule has 0 bridgehead atoms. The number of hydrogen-bond acceptors (Lipinski definition) is 5. The van der Waals surface area contributed by atoms with Crippen molar-refractivity contribution in [3.05, 3.63) is 5.69 Å². The van der Waals surface area contributed by atoms with Crippen LogP contribution in [0.15, 0.2) is 4.21 Å². The van der Waals surface area contributed by atoms with Crippen LogP contribution >= 0.6 is 23.1 Å². The smallest absolute Gasteiger partial charge is 0.319 e. The second-order valence-electron chi connectivity index (χ2n) is 10.2. The van der Waals surface area contributed by atoms with Crippen LogP contribution in [0.25, 0.3) is 0 Å². The highest BCUT2D eigenvalue weighted by Gasteiger charge is 2.33. The molecule has 1 aliphatic heterocycles. The first-order valence-corrected chi connectivity index (χ1v) is 14.8.